The lowest BCUT2D eigenvalue weighted by molar-refractivity contribution is 0.102. The van der Waals surface area contributed by atoms with Gasteiger partial charge in [0.2, 0.25) is 0 Å². The first-order chi connectivity index (χ1) is 15.5. The van der Waals surface area contributed by atoms with Crippen molar-refractivity contribution in [1.82, 2.24) is 4.90 Å². The summed E-state index contributed by atoms with van der Waals surface area (Å²) in [5.41, 5.74) is 4.33. The molecule has 2 N–H and O–H groups in total. The molecule has 0 aromatic heterocycles. The molecule has 0 radical (unpaired) electrons. The van der Waals surface area contributed by atoms with Gasteiger partial charge in [-0.2, -0.15) is 0 Å². The van der Waals surface area contributed by atoms with Gasteiger partial charge < -0.3 is 15.5 Å². The molecule has 1 saturated heterocycles. The number of aryl methyl sites for hydroxylation is 1. The van der Waals surface area contributed by atoms with Crippen LogP contribution in [0.1, 0.15) is 40.2 Å². The van der Waals surface area contributed by atoms with Gasteiger partial charge in [-0.05, 0) is 73.9 Å². The van der Waals surface area contributed by atoms with E-state index in [2.05, 4.69) is 10.6 Å². The normalized spacial score (nSPS) is 15.8. The predicted molar refractivity (Wildman–Crippen MR) is 130 cm³/mol. The Labute approximate surface area is 193 Å². The molecule has 164 valence electrons. The molecule has 1 unspecified atom stereocenters. The second-order valence-corrected chi connectivity index (χ2v) is 8.60. The molecule has 32 heavy (non-hydrogen) atoms. The molecule has 0 saturated carbocycles. The van der Waals surface area contributed by atoms with E-state index in [1.54, 1.807) is 24.3 Å². The van der Waals surface area contributed by atoms with Crippen molar-refractivity contribution >= 4 is 34.9 Å². The van der Waals surface area contributed by atoms with Crippen molar-refractivity contribution in [2.75, 3.05) is 23.7 Å². The van der Waals surface area contributed by atoms with Gasteiger partial charge in [0, 0.05) is 41.0 Å². The molecule has 3 amide bonds. The van der Waals surface area contributed by atoms with E-state index >= 15 is 0 Å². The van der Waals surface area contributed by atoms with Gasteiger partial charge in [0.25, 0.3) is 5.91 Å². The standard InChI is InChI=1S/C26H26ClN3O2/c1-18-7-11-23(12-8-18)28-25(31)20-5-2-4-19(16-20)21-6-3-15-30(17-21)26(32)29-24-13-9-22(27)10-14-24/h2,4-5,7-14,16,21H,3,6,15,17H2,1H3,(H,28,31)(H,29,32). The maximum absolute atomic E-state index is 12.7. The maximum Gasteiger partial charge on any atom is 0.321 e. The second kappa shape index (κ2) is 9.88. The molecule has 1 atom stereocenters. The van der Waals surface area contributed by atoms with Crippen LogP contribution in [0.2, 0.25) is 5.02 Å². The zero-order chi connectivity index (χ0) is 22.5. The van der Waals surface area contributed by atoms with Crippen LogP contribution in [0.3, 0.4) is 0 Å². The maximum atomic E-state index is 12.7. The zero-order valence-corrected chi connectivity index (χ0v) is 18.7. The first kappa shape index (κ1) is 21.9. The molecular formula is C26H26ClN3O2. The summed E-state index contributed by atoms with van der Waals surface area (Å²) in [5, 5.41) is 6.52. The highest BCUT2D eigenvalue weighted by molar-refractivity contribution is 6.30. The number of carbonyl (C=O) groups is 2. The molecule has 0 spiro atoms. The van der Waals surface area contributed by atoms with Gasteiger partial charge in [0.15, 0.2) is 0 Å². The smallest absolute Gasteiger partial charge is 0.321 e. The minimum absolute atomic E-state index is 0.120. The van der Waals surface area contributed by atoms with E-state index in [-0.39, 0.29) is 17.9 Å². The summed E-state index contributed by atoms with van der Waals surface area (Å²) in [6.07, 6.45) is 1.90. The van der Waals surface area contributed by atoms with Crippen molar-refractivity contribution in [3.8, 4) is 0 Å². The van der Waals surface area contributed by atoms with E-state index in [4.69, 9.17) is 11.6 Å². The number of rotatable bonds is 4. The summed E-state index contributed by atoms with van der Waals surface area (Å²) >= 11 is 5.92. The van der Waals surface area contributed by atoms with Crippen LogP contribution in [0, 0.1) is 6.92 Å². The van der Waals surface area contributed by atoms with Gasteiger partial charge >= 0.3 is 6.03 Å². The molecule has 4 rings (SSSR count). The summed E-state index contributed by atoms with van der Waals surface area (Å²) < 4.78 is 0. The van der Waals surface area contributed by atoms with E-state index in [1.807, 2.05) is 60.4 Å². The van der Waals surface area contributed by atoms with Crippen LogP contribution in [-0.2, 0) is 0 Å². The molecule has 3 aromatic rings. The molecule has 6 heteroatoms. The molecule has 1 aliphatic rings. The second-order valence-electron chi connectivity index (χ2n) is 8.17. The summed E-state index contributed by atoms with van der Waals surface area (Å²) in [7, 11) is 0. The van der Waals surface area contributed by atoms with Crippen LogP contribution in [0.25, 0.3) is 0 Å². The summed E-state index contributed by atoms with van der Waals surface area (Å²) in [6.45, 7) is 3.34. The minimum atomic E-state index is -0.135. The molecular weight excluding hydrogens is 422 g/mol. The van der Waals surface area contributed by atoms with Crippen molar-refractivity contribution < 1.29 is 9.59 Å². The van der Waals surface area contributed by atoms with E-state index < -0.39 is 0 Å². The summed E-state index contributed by atoms with van der Waals surface area (Å²) in [5.74, 6) is 0.0516. The molecule has 0 aliphatic carbocycles. The summed E-state index contributed by atoms with van der Waals surface area (Å²) in [6, 6.07) is 22.4. The number of amides is 3. The number of benzene rings is 3. The first-order valence-electron chi connectivity index (χ1n) is 10.8. The van der Waals surface area contributed by atoms with E-state index in [1.165, 1.54) is 0 Å². The largest absolute Gasteiger partial charge is 0.324 e. The van der Waals surface area contributed by atoms with Crippen LogP contribution in [0.4, 0.5) is 16.2 Å². The van der Waals surface area contributed by atoms with Crippen molar-refractivity contribution in [1.29, 1.82) is 0 Å². The van der Waals surface area contributed by atoms with Gasteiger partial charge in [0.05, 0.1) is 0 Å². The highest BCUT2D eigenvalue weighted by Crippen LogP contribution is 2.28. The fourth-order valence-corrected chi connectivity index (χ4v) is 4.07. The Kier molecular flexibility index (Phi) is 6.76. The molecule has 1 heterocycles. The quantitative estimate of drug-likeness (QED) is 0.492. The lowest BCUT2D eigenvalue weighted by Gasteiger charge is -2.33. The van der Waals surface area contributed by atoms with Crippen molar-refractivity contribution in [3.63, 3.8) is 0 Å². The van der Waals surface area contributed by atoms with Crippen molar-refractivity contribution in [2.45, 2.75) is 25.7 Å². The Bertz CT molecular complexity index is 1100. The highest BCUT2D eigenvalue weighted by Gasteiger charge is 2.25. The third kappa shape index (κ3) is 5.48. The number of hydrogen-bond acceptors (Lipinski definition) is 2. The Balaban J connectivity index is 1.41. The van der Waals surface area contributed by atoms with E-state index in [9.17, 15) is 9.59 Å². The molecule has 5 nitrogen and oxygen atoms in total. The number of halogens is 1. The number of carbonyl (C=O) groups excluding carboxylic acids is 2. The third-order valence-corrected chi connectivity index (χ3v) is 5.99. The van der Waals surface area contributed by atoms with E-state index in [0.29, 0.717) is 23.7 Å². The lowest BCUT2D eigenvalue weighted by Crippen LogP contribution is -2.41. The lowest BCUT2D eigenvalue weighted by atomic mass is 9.89. The minimum Gasteiger partial charge on any atom is -0.324 e. The number of likely N-dealkylation sites (tertiary alicyclic amines) is 1. The van der Waals surface area contributed by atoms with Gasteiger partial charge in [-0.3, -0.25) is 4.79 Å². The molecule has 3 aromatic carbocycles. The van der Waals surface area contributed by atoms with Gasteiger partial charge in [-0.25, -0.2) is 4.79 Å². The van der Waals surface area contributed by atoms with Crippen LogP contribution in [-0.4, -0.2) is 29.9 Å². The average molecular weight is 448 g/mol. The van der Waals surface area contributed by atoms with Gasteiger partial charge in [0.1, 0.15) is 0 Å². The third-order valence-electron chi connectivity index (χ3n) is 5.73. The first-order valence-corrected chi connectivity index (χ1v) is 11.2. The zero-order valence-electron chi connectivity index (χ0n) is 18.0. The SMILES string of the molecule is Cc1ccc(NC(=O)c2cccc(C3CCCN(C(=O)Nc4ccc(Cl)cc4)C3)c2)cc1. The highest BCUT2D eigenvalue weighted by atomic mass is 35.5. The molecule has 0 bridgehead atoms. The number of hydrogen-bond donors (Lipinski definition) is 2. The van der Waals surface area contributed by atoms with Crippen LogP contribution in [0.15, 0.2) is 72.8 Å². The fourth-order valence-electron chi connectivity index (χ4n) is 3.94. The molecule has 1 fully saturated rings. The Morgan fingerprint density at radius 1 is 0.938 bits per heavy atom. The number of anilines is 2. The topological polar surface area (TPSA) is 61.4 Å². The van der Waals surface area contributed by atoms with Gasteiger partial charge in [-0.15, -0.1) is 0 Å². The Morgan fingerprint density at radius 3 is 2.38 bits per heavy atom. The number of nitrogens with one attached hydrogen (secondary N) is 2. The van der Waals surface area contributed by atoms with E-state index in [0.717, 1.165) is 35.3 Å². The number of nitrogens with zero attached hydrogens (tertiary/aromatic N) is 1. The number of urea groups is 1. The Morgan fingerprint density at radius 2 is 1.62 bits per heavy atom. The fraction of sp³-hybridized carbons (Fsp3) is 0.231. The van der Waals surface area contributed by atoms with Gasteiger partial charge in [-0.1, -0.05) is 41.4 Å². The van der Waals surface area contributed by atoms with Crippen LogP contribution < -0.4 is 10.6 Å². The predicted octanol–water partition coefficient (Wildman–Crippen LogP) is 6.31. The number of piperidine rings is 1. The monoisotopic (exact) mass is 447 g/mol. The summed E-state index contributed by atoms with van der Waals surface area (Å²) in [4.78, 5) is 27.3. The van der Waals surface area contributed by atoms with Crippen LogP contribution >= 0.6 is 11.6 Å². The Hall–Kier alpha value is -3.31. The average Bonchev–Trinajstić information content (AvgIpc) is 2.82. The van der Waals surface area contributed by atoms with Crippen molar-refractivity contribution in [3.05, 3.63) is 94.5 Å². The van der Waals surface area contributed by atoms with Crippen LogP contribution in [0.5, 0.6) is 0 Å². The van der Waals surface area contributed by atoms with Crippen molar-refractivity contribution in [2.24, 2.45) is 0 Å². The molecule has 1 aliphatic heterocycles.